The van der Waals surface area contributed by atoms with Crippen molar-refractivity contribution in [3.05, 3.63) is 102 Å². The van der Waals surface area contributed by atoms with Gasteiger partial charge in [-0.1, -0.05) is 98.9 Å². The van der Waals surface area contributed by atoms with Crippen molar-refractivity contribution in [2.45, 2.75) is 12.3 Å². The van der Waals surface area contributed by atoms with E-state index in [0.717, 1.165) is 12.3 Å². The summed E-state index contributed by atoms with van der Waals surface area (Å²) < 4.78 is 0. The molecule has 0 fully saturated rings. The van der Waals surface area contributed by atoms with E-state index in [1.54, 1.807) is 0 Å². The van der Waals surface area contributed by atoms with Crippen LogP contribution in [0.25, 0.3) is 0 Å². The van der Waals surface area contributed by atoms with E-state index in [1.165, 1.54) is 16.4 Å². The first kappa shape index (κ1) is 14.0. The van der Waals surface area contributed by atoms with Crippen LogP contribution < -0.4 is 5.30 Å². The summed E-state index contributed by atoms with van der Waals surface area (Å²) in [6.45, 7) is 0. The number of hydrogen-bond donors (Lipinski definition) is 0. The van der Waals surface area contributed by atoms with Crippen molar-refractivity contribution in [1.82, 2.24) is 0 Å². The van der Waals surface area contributed by atoms with Gasteiger partial charge in [-0.3, -0.25) is 0 Å². The molecule has 0 saturated heterocycles. The summed E-state index contributed by atoms with van der Waals surface area (Å²) in [5.41, 5.74) is 2.87. The number of hydrogen-bond acceptors (Lipinski definition) is 0. The molecule has 1 heteroatoms. The van der Waals surface area contributed by atoms with Crippen LogP contribution in [0.4, 0.5) is 0 Å². The SMILES string of the molecule is c1ccc(CP(Cc2ccccc2)c2ccccc2)cc1. The largest absolute Gasteiger partial charge is 0.0664 e. The lowest BCUT2D eigenvalue weighted by molar-refractivity contribution is 1.33. The average molecular weight is 290 g/mol. The molecule has 0 nitrogen and oxygen atoms in total. The highest BCUT2D eigenvalue weighted by atomic mass is 31.1. The first-order valence-corrected chi connectivity index (χ1v) is 9.01. The molecule has 3 rings (SSSR count). The standard InChI is InChI=1S/C20H19P/c1-4-10-18(11-5-1)16-21(20-14-8-3-9-15-20)17-19-12-6-2-7-13-19/h1-15H,16-17H2. The van der Waals surface area contributed by atoms with Crippen molar-refractivity contribution < 1.29 is 0 Å². The van der Waals surface area contributed by atoms with Gasteiger partial charge in [0.05, 0.1) is 0 Å². The summed E-state index contributed by atoms with van der Waals surface area (Å²) in [7, 11) is -0.208. The Hall–Kier alpha value is -1.91. The topological polar surface area (TPSA) is 0 Å². The van der Waals surface area contributed by atoms with Gasteiger partial charge in [0.15, 0.2) is 0 Å². The molecular weight excluding hydrogens is 271 g/mol. The van der Waals surface area contributed by atoms with Gasteiger partial charge in [0.1, 0.15) is 0 Å². The first-order chi connectivity index (χ1) is 10.4. The maximum Gasteiger partial charge on any atom is -0.00298 e. The van der Waals surface area contributed by atoms with E-state index < -0.39 is 0 Å². The zero-order chi connectivity index (χ0) is 14.3. The smallest absolute Gasteiger partial charge is 0.00298 e. The van der Waals surface area contributed by atoms with E-state index in [9.17, 15) is 0 Å². The molecule has 104 valence electrons. The summed E-state index contributed by atoms with van der Waals surface area (Å²) in [5.74, 6) is 0. The Morgan fingerprint density at radius 1 is 0.476 bits per heavy atom. The predicted molar refractivity (Wildman–Crippen MR) is 93.3 cm³/mol. The molecule has 0 amide bonds. The Kier molecular flexibility index (Phi) is 4.82. The van der Waals surface area contributed by atoms with Gasteiger partial charge in [-0.2, -0.15) is 0 Å². The van der Waals surface area contributed by atoms with Crippen LogP contribution in [-0.2, 0) is 12.3 Å². The Morgan fingerprint density at radius 2 is 0.857 bits per heavy atom. The van der Waals surface area contributed by atoms with E-state index in [0.29, 0.717) is 0 Å². The fraction of sp³-hybridized carbons (Fsp3) is 0.100. The summed E-state index contributed by atoms with van der Waals surface area (Å²) >= 11 is 0. The fourth-order valence-corrected chi connectivity index (χ4v) is 4.86. The second-order valence-electron chi connectivity index (χ2n) is 5.16. The number of rotatable bonds is 5. The normalized spacial score (nSPS) is 10.7. The third kappa shape index (κ3) is 4.03. The lowest BCUT2D eigenvalue weighted by Crippen LogP contribution is -2.04. The van der Waals surface area contributed by atoms with Gasteiger partial charge >= 0.3 is 0 Å². The Bertz CT molecular complexity index is 606. The molecule has 0 aromatic heterocycles. The fourth-order valence-electron chi connectivity index (χ4n) is 2.48. The molecule has 0 saturated carbocycles. The molecule has 0 N–H and O–H groups in total. The lowest BCUT2D eigenvalue weighted by Gasteiger charge is -2.18. The summed E-state index contributed by atoms with van der Waals surface area (Å²) in [6.07, 6.45) is 2.30. The van der Waals surface area contributed by atoms with Gasteiger partial charge < -0.3 is 0 Å². The molecule has 0 aliphatic rings. The predicted octanol–water partition coefficient (Wildman–Crippen LogP) is 5.19. The van der Waals surface area contributed by atoms with Crippen molar-refractivity contribution in [3.63, 3.8) is 0 Å². The lowest BCUT2D eigenvalue weighted by atomic mass is 10.2. The Morgan fingerprint density at radius 3 is 1.29 bits per heavy atom. The second-order valence-corrected chi connectivity index (χ2v) is 7.39. The zero-order valence-electron chi connectivity index (χ0n) is 12.0. The van der Waals surface area contributed by atoms with Gasteiger partial charge in [0.25, 0.3) is 0 Å². The highest BCUT2D eigenvalue weighted by molar-refractivity contribution is 7.64. The van der Waals surface area contributed by atoms with Crippen molar-refractivity contribution in [2.75, 3.05) is 0 Å². The highest BCUT2D eigenvalue weighted by Gasteiger charge is 2.12. The highest BCUT2D eigenvalue weighted by Crippen LogP contribution is 2.42. The van der Waals surface area contributed by atoms with Crippen molar-refractivity contribution in [1.29, 1.82) is 0 Å². The zero-order valence-corrected chi connectivity index (χ0v) is 12.9. The van der Waals surface area contributed by atoms with E-state index in [1.807, 2.05) is 0 Å². The molecule has 3 aromatic rings. The van der Waals surface area contributed by atoms with Crippen LogP contribution in [0.5, 0.6) is 0 Å². The molecule has 0 aliphatic carbocycles. The van der Waals surface area contributed by atoms with Crippen LogP contribution >= 0.6 is 7.92 Å². The Labute approximate surface area is 128 Å². The van der Waals surface area contributed by atoms with E-state index in [2.05, 4.69) is 91.0 Å². The van der Waals surface area contributed by atoms with Crippen LogP contribution in [0.15, 0.2) is 91.0 Å². The van der Waals surface area contributed by atoms with Crippen molar-refractivity contribution in [3.8, 4) is 0 Å². The third-order valence-corrected chi connectivity index (χ3v) is 6.08. The first-order valence-electron chi connectivity index (χ1n) is 7.30. The molecule has 0 bridgehead atoms. The van der Waals surface area contributed by atoms with Gasteiger partial charge in [0, 0.05) is 0 Å². The maximum absolute atomic E-state index is 2.28. The third-order valence-electron chi connectivity index (χ3n) is 3.55. The van der Waals surface area contributed by atoms with Crippen molar-refractivity contribution >= 4 is 13.2 Å². The molecule has 0 aliphatic heterocycles. The molecular formula is C20H19P. The maximum atomic E-state index is 2.28. The summed E-state index contributed by atoms with van der Waals surface area (Å²) in [5, 5.41) is 1.49. The van der Waals surface area contributed by atoms with Crippen molar-refractivity contribution in [2.24, 2.45) is 0 Å². The van der Waals surface area contributed by atoms with Crippen LogP contribution in [0.1, 0.15) is 11.1 Å². The van der Waals surface area contributed by atoms with Crippen LogP contribution in [-0.4, -0.2) is 0 Å². The molecule has 0 heterocycles. The van der Waals surface area contributed by atoms with Crippen LogP contribution in [0.2, 0.25) is 0 Å². The molecule has 0 unspecified atom stereocenters. The van der Waals surface area contributed by atoms with Gasteiger partial charge in [0.2, 0.25) is 0 Å². The molecule has 21 heavy (non-hydrogen) atoms. The number of benzene rings is 3. The quantitative estimate of drug-likeness (QED) is 0.567. The molecule has 0 radical (unpaired) electrons. The van der Waals surface area contributed by atoms with E-state index in [4.69, 9.17) is 0 Å². The van der Waals surface area contributed by atoms with Gasteiger partial charge in [-0.15, -0.1) is 0 Å². The molecule has 3 aromatic carbocycles. The monoisotopic (exact) mass is 290 g/mol. The minimum absolute atomic E-state index is 0.208. The average Bonchev–Trinajstić information content (AvgIpc) is 2.57. The second kappa shape index (κ2) is 7.20. The van der Waals surface area contributed by atoms with Gasteiger partial charge in [-0.25, -0.2) is 0 Å². The Balaban J connectivity index is 1.84. The van der Waals surface area contributed by atoms with E-state index in [-0.39, 0.29) is 7.92 Å². The van der Waals surface area contributed by atoms with Crippen LogP contribution in [0, 0.1) is 0 Å². The van der Waals surface area contributed by atoms with Crippen LogP contribution in [0.3, 0.4) is 0 Å². The van der Waals surface area contributed by atoms with Gasteiger partial charge in [-0.05, 0) is 28.8 Å². The molecule has 0 atom stereocenters. The van der Waals surface area contributed by atoms with E-state index >= 15 is 0 Å². The summed E-state index contributed by atoms with van der Waals surface area (Å²) in [6, 6.07) is 32.6. The minimum Gasteiger partial charge on any atom is -0.0664 e. The molecule has 0 spiro atoms. The summed E-state index contributed by atoms with van der Waals surface area (Å²) in [4.78, 5) is 0. The minimum atomic E-state index is -0.208.